The monoisotopic (exact) mass is 548 g/mol. The Kier molecular flexibility index (Phi) is 8.98. The summed E-state index contributed by atoms with van der Waals surface area (Å²) < 4.78 is 16.5. The van der Waals surface area contributed by atoms with Gasteiger partial charge in [-0.25, -0.2) is 4.79 Å². The van der Waals surface area contributed by atoms with Crippen molar-refractivity contribution in [1.29, 1.82) is 0 Å². The van der Waals surface area contributed by atoms with Gasteiger partial charge >= 0.3 is 6.09 Å². The van der Waals surface area contributed by atoms with Crippen molar-refractivity contribution >= 4 is 17.7 Å². The van der Waals surface area contributed by atoms with Crippen LogP contribution in [0.2, 0.25) is 0 Å². The summed E-state index contributed by atoms with van der Waals surface area (Å²) in [7, 11) is 3.06. The second kappa shape index (κ2) is 11.9. The molecular weight excluding hydrogens is 504 g/mol. The van der Waals surface area contributed by atoms with Crippen LogP contribution in [0.15, 0.2) is 18.2 Å². The van der Waals surface area contributed by atoms with Gasteiger partial charge in [0.15, 0.2) is 0 Å². The maximum atomic E-state index is 13.3. The van der Waals surface area contributed by atoms with E-state index < -0.39 is 29.1 Å². The number of nitrogens with one attached hydrogen (secondary N) is 1. The molecule has 1 heterocycles. The lowest BCUT2D eigenvalue weighted by molar-refractivity contribution is -0.186. The number of aliphatic hydroxyl groups excluding tert-OH is 3. The minimum absolute atomic E-state index is 0.0327. The minimum atomic E-state index is -0.751. The third-order valence-electron chi connectivity index (χ3n) is 9.83. The van der Waals surface area contributed by atoms with E-state index in [2.05, 4.69) is 12.2 Å². The van der Waals surface area contributed by atoms with Gasteiger partial charge in [-0.15, -0.1) is 0 Å². The fourth-order valence-electron chi connectivity index (χ4n) is 7.60. The standard InChI is InChI=1S/C29H44N2O8/c1-28-10-9-25(39-27(36)30-18-12-20(37-3)14-21(13-18)38-4)29(2,17-33)24(28)8-7-23(34)22(28)15-26(35)31-11-5-6-19(31)16-32/h12-14,19,22-25,32-34H,5-11,15-17H2,1-4H3,(H,30,36)/t19-,22+,23+,24+,25+,28-,29-/m0/s1. The second-order valence-corrected chi connectivity index (χ2v) is 11.9. The molecule has 0 radical (unpaired) electrons. The molecule has 1 saturated heterocycles. The van der Waals surface area contributed by atoms with Gasteiger partial charge in [-0.1, -0.05) is 13.8 Å². The largest absolute Gasteiger partial charge is 0.497 e. The summed E-state index contributed by atoms with van der Waals surface area (Å²) in [5, 5.41) is 34.2. The number of amides is 2. The summed E-state index contributed by atoms with van der Waals surface area (Å²) in [6.45, 7) is 4.45. The Bertz CT molecular complexity index is 1010. The summed E-state index contributed by atoms with van der Waals surface area (Å²) in [6, 6.07) is 4.88. The van der Waals surface area contributed by atoms with Crippen LogP contribution in [-0.2, 0) is 9.53 Å². The highest BCUT2D eigenvalue weighted by Gasteiger charge is 2.60. The number of nitrogens with zero attached hydrogens (tertiary/aromatic N) is 1. The van der Waals surface area contributed by atoms with Crippen molar-refractivity contribution in [1.82, 2.24) is 4.90 Å². The van der Waals surface area contributed by atoms with Crippen LogP contribution in [0.25, 0.3) is 0 Å². The van der Waals surface area contributed by atoms with E-state index in [9.17, 15) is 24.9 Å². The van der Waals surface area contributed by atoms with Crippen LogP contribution in [-0.4, -0.2) is 84.4 Å². The van der Waals surface area contributed by atoms with E-state index in [0.29, 0.717) is 49.4 Å². The number of fused-ring (bicyclic) bond motifs is 1. The molecule has 1 aromatic rings. The molecule has 0 spiro atoms. The Labute approximate surface area is 230 Å². The fraction of sp³-hybridized carbons (Fsp3) is 0.724. The lowest BCUT2D eigenvalue weighted by atomic mass is 9.46. The molecule has 0 bridgehead atoms. The van der Waals surface area contributed by atoms with Crippen LogP contribution in [0, 0.1) is 22.7 Å². The first-order chi connectivity index (χ1) is 18.6. The highest BCUT2D eigenvalue weighted by Crippen LogP contribution is 2.61. The first-order valence-electron chi connectivity index (χ1n) is 14.0. The molecule has 1 aromatic carbocycles. The van der Waals surface area contributed by atoms with Gasteiger partial charge in [-0.05, 0) is 55.8 Å². The highest BCUT2D eigenvalue weighted by molar-refractivity contribution is 5.85. The number of rotatable bonds is 8. The number of carbonyl (C=O) groups excluding carboxylic acids is 2. The average Bonchev–Trinajstić information content (AvgIpc) is 3.41. The molecule has 218 valence electrons. The van der Waals surface area contributed by atoms with Crippen molar-refractivity contribution < 1.29 is 39.1 Å². The molecule has 4 N–H and O–H groups in total. The molecular formula is C29H44N2O8. The lowest BCUT2D eigenvalue weighted by Gasteiger charge is -2.60. The Morgan fingerprint density at radius 3 is 2.36 bits per heavy atom. The lowest BCUT2D eigenvalue weighted by Crippen LogP contribution is -2.61. The molecule has 2 amide bonds. The predicted octanol–water partition coefficient (Wildman–Crippen LogP) is 3.18. The molecule has 0 aromatic heterocycles. The third-order valence-corrected chi connectivity index (χ3v) is 9.83. The molecule has 4 rings (SSSR count). The van der Waals surface area contributed by atoms with Gasteiger partial charge in [0.2, 0.25) is 5.91 Å². The first-order valence-corrected chi connectivity index (χ1v) is 14.0. The fourth-order valence-corrected chi connectivity index (χ4v) is 7.60. The number of anilines is 1. The second-order valence-electron chi connectivity index (χ2n) is 11.9. The Balaban J connectivity index is 1.50. The zero-order valence-corrected chi connectivity index (χ0v) is 23.5. The van der Waals surface area contributed by atoms with Crippen LogP contribution >= 0.6 is 0 Å². The van der Waals surface area contributed by atoms with Crippen LogP contribution in [0.5, 0.6) is 11.5 Å². The van der Waals surface area contributed by atoms with Gasteiger partial charge in [0.25, 0.3) is 0 Å². The Morgan fingerprint density at radius 1 is 1.05 bits per heavy atom. The summed E-state index contributed by atoms with van der Waals surface area (Å²) in [5.41, 5.74) is -0.709. The van der Waals surface area contributed by atoms with E-state index >= 15 is 0 Å². The maximum absolute atomic E-state index is 13.3. The molecule has 3 fully saturated rings. The van der Waals surface area contributed by atoms with Crippen molar-refractivity contribution in [2.45, 2.75) is 77.0 Å². The molecule has 2 saturated carbocycles. The van der Waals surface area contributed by atoms with Gasteiger partial charge in [0.1, 0.15) is 17.6 Å². The average molecular weight is 549 g/mol. The quantitative estimate of drug-likeness (QED) is 0.389. The number of benzene rings is 1. The van der Waals surface area contributed by atoms with E-state index in [1.807, 2.05) is 6.92 Å². The smallest absolute Gasteiger partial charge is 0.411 e. The molecule has 2 aliphatic carbocycles. The zero-order chi connectivity index (χ0) is 28.4. The number of hydrogen-bond donors (Lipinski definition) is 4. The number of likely N-dealkylation sites (tertiary alicyclic amines) is 1. The highest BCUT2D eigenvalue weighted by atomic mass is 16.6. The van der Waals surface area contributed by atoms with Crippen molar-refractivity contribution in [2.75, 3.05) is 39.3 Å². The molecule has 3 aliphatic rings. The Morgan fingerprint density at radius 2 is 1.74 bits per heavy atom. The predicted molar refractivity (Wildman–Crippen MR) is 145 cm³/mol. The van der Waals surface area contributed by atoms with E-state index in [-0.39, 0.29) is 43.4 Å². The maximum Gasteiger partial charge on any atom is 0.411 e. The van der Waals surface area contributed by atoms with Gasteiger partial charge in [-0.3, -0.25) is 10.1 Å². The summed E-state index contributed by atoms with van der Waals surface area (Å²) in [4.78, 5) is 28.1. The molecule has 10 nitrogen and oxygen atoms in total. The third kappa shape index (κ3) is 5.69. The van der Waals surface area contributed by atoms with E-state index in [0.717, 1.165) is 12.8 Å². The number of hydrogen-bond acceptors (Lipinski definition) is 8. The van der Waals surface area contributed by atoms with Crippen LogP contribution < -0.4 is 14.8 Å². The topological polar surface area (TPSA) is 138 Å². The van der Waals surface area contributed by atoms with Crippen molar-refractivity contribution in [2.24, 2.45) is 22.7 Å². The SMILES string of the molecule is COc1cc(NC(=O)O[C@@H]2CC[C@]3(C)[C@@H](CC[C@@H](O)[C@H]3CC(=O)N3CCC[C@H]3CO)[C@]2(C)CO)cc(OC)c1. The molecule has 0 unspecified atom stereocenters. The normalized spacial score (nSPS) is 34.2. The van der Waals surface area contributed by atoms with Crippen LogP contribution in [0.4, 0.5) is 10.5 Å². The van der Waals surface area contributed by atoms with Crippen molar-refractivity contribution in [3.05, 3.63) is 18.2 Å². The molecule has 10 heteroatoms. The van der Waals surface area contributed by atoms with Gasteiger partial charge in [0.05, 0.1) is 45.3 Å². The number of ether oxygens (including phenoxy) is 3. The van der Waals surface area contributed by atoms with Crippen LogP contribution in [0.1, 0.15) is 58.8 Å². The zero-order valence-electron chi connectivity index (χ0n) is 23.5. The van der Waals surface area contributed by atoms with Crippen LogP contribution in [0.3, 0.4) is 0 Å². The minimum Gasteiger partial charge on any atom is -0.497 e. The first kappa shape index (κ1) is 29.4. The number of carbonyl (C=O) groups is 2. The van der Waals surface area contributed by atoms with Gasteiger partial charge in [-0.2, -0.15) is 0 Å². The van der Waals surface area contributed by atoms with Gasteiger partial charge < -0.3 is 34.4 Å². The number of methoxy groups -OCH3 is 2. The molecule has 1 aliphatic heterocycles. The Hall–Kier alpha value is -2.56. The summed E-state index contributed by atoms with van der Waals surface area (Å²) >= 11 is 0. The van der Waals surface area contributed by atoms with E-state index in [4.69, 9.17) is 14.2 Å². The number of aliphatic hydroxyl groups is 3. The summed E-state index contributed by atoms with van der Waals surface area (Å²) in [5.74, 6) is 0.674. The molecule has 39 heavy (non-hydrogen) atoms. The van der Waals surface area contributed by atoms with E-state index in [1.165, 1.54) is 14.2 Å². The summed E-state index contributed by atoms with van der Waals surface area (Å²) in [6.07, 6.45) is 2.39. The van der Waals surface area contributed by atoms with Gasteiger partial charge in [0, 0.05) is 36.6 Å². The van der Waals surface area contributed by atoms with E-state index in [1.54, 1.807) is 23.1 Å². The van der Waals surface area contributed by atoms with Crippen molar-refractivity contribution in [3.63, 3.8) is 0 Å². The molecule has 7 atom stereocenters. The van der Waals surface area contributed by atoms with Crippen molar-refractivity contribution in [3.8, 4) is 11.5 Å².